The summed E-state index contributed by atoms with van der Waals surface area (Å²) in [5, 5.41) is 15.4. The summed E-state index contributed by atoms with van der Waals surface area (Å²) in [6.45, 7) is 3.10. The average molecular weight is 349 g/mol. The molecule has 128 valence electrons. The van der Waals surface area contributed by atoms with Gasteiger partial charge in [0, 0.05) is 23.7 Å². The minimum Gasteiger partial charge on any atom is -0.341 e. The van der Waals surface area contributed by atoms with E-state index in [0.717, 1.165) is 13.1 Å². The lowest BCUT2D eigenvalue weighted by atomic mass is 9.89. The molecule has 1 aromatic carbocycles. The number of carbonyl (C=O) groups is 2. The summed E-state index contributed by atoms with van der Waals surface area (Å²) in [6, 6.07) is 7.91. The SMILES string of the molecule is C[C@H](NC(=O)c1ccc(Cl)cc1)C(=O)NC1(C#N)CCN(C)CC1. The third-order valence-corrected chi connectivity index (χ3v) is 4.52. The third kappa shape index (κ3) is 4.47. The molecule has 7 heteroatoms. The molecule has 2 amide bonds. The normalized spacial score (nSPS) is 18.2. The van der Waals surface area contributed by atoms with Crippen LogP contribution in [0.1, 0.15) is 30.1 Å². The van der Waals surface area contributed by atoms with Crippen LogP contribution in [0.5, 0.6) is 0 Å². The molecule has 1 aromatic rings. The van der Waals surface area contributed by atoms with Gasteiger partial charge in [-0.3, -0.25) is 9.59 Å². The van der Waals surface area contributed by atoms with Crippen LogP contribution in [0.25, 0.3) is 0 Å². The smallest absolute Gasteiger partial charge is 0.251 e. The maximum Gasteiger partial charge on any atom is 0.251 e. The highest BCUT2D eigenvalue weighted by Gasteiger charge is 2.36. The fourth-order valence-corrected chi connectivity index (χ4v) is 2.68. The Balaban J connectivity index is 1.95. The van der Waals surface area contributed by atoms with E-state index in [9.17, 15) is 14.9 Å². The standard InChI is InChI=1S/C17H21ClN4O2/c1-12(20-16(24)13-3-5-14(18)6-4-13)15(23)21-17(11-19)7-9-22(2)10-8-17/h3-6,12H,7-10H2,1-2H3,(H,20,24)(H,21,23)/t12-/m0/s1. The van der Waals surface area contributed by atoms with E-state index < -0.39 is 11.6 Å². The number of nitrogens with zero attached hydrogens (tertiary/aromatic N) is 2. The number of piperidine rings is 1. The van der Waals surface area contributed by atoms with Crippen LogP contribution >= 0.6 is 11.6 Å². The Morgan fingerprint density at radius 1 is 1.29 bits per heavy atom. The minimum absolute atomic E-state index is 0.358. The van der Waals surface area contributed by atoms with Crippen molar-refractivity contribution in [3.05, 3.63) is 34.9 Å². The number of benzene rings is 1. The minimum atomic E-state index is -0.858. The lowest BCUT2D eigenvalue weighted by Gasteiger charge is -2.36. The average Bonchev–Trinajstić information content (AvgIpc) is 2.57. The van der Waals surface area contributed by atoms with E-state index in [1.165, 1.54) is 0 Å². The van der Waals surface area contributed by atoms with Crippen molar-refractivity contribution in [3.63, 3.8) is 0 Å². The molecule has 1 aliphatic rings. The van der Waals surface area contributed by atoms with E-state index in [-0.39, 0.29) is 11.8 Å². The molecule has 6 nitrogen and oxygen atoms in total. The summed E-state index contributed by atoms with van der Waals surface area (Å²) in [5.41, 5.74) is -0.434. The summed E-state index contributed by atoms with van der Waals surface area (Å²) in [6.07, 6.45) is 1.15. The van der Waals surface area contributed by atoms with Crippen molar-refractivity contribution in [3.8, 4) is 6.07 Å². The number of nitriles is 1. The van der Waals surface area contributed by atoms with Gasteiger partial charge in [0.2, 0.25) is 5.91 Å². The van der Waals surface area contributed by atoms with Gasteiger partial charge >= 0.3 is 0 Å². The molecular formula is C17H21ClN4O2. The van der Waals surface area contributed by atoms with Gasteiger partial charge in [-0.25, -0.2) is 0 Å². The van der Waals surface area contributed by atoms with Gasteiger partial charge in [0.1, 0.15) is 11.6 Å². The van der Waals surface area contributed by atoms with Crippen LogP contribution in [-0.4, -0.2) is 48.4 Å². The molecule has 0 saturated carbocycles. The van der Waals surface area contributed by atoms with E-state index in [2.05, 4.69) is 21.6 Å². The lowest BCUT2D eigenvalue weighted by Crippen LogP contribution is -2.57. The molecule has 0 unspecified atom stereocenters. The van der Waals surface area contributed by atoms with Gasteiger partial charge in [-0.05, 0) is 51.1 Å². The van der Waals surface area contributed by atoms with Crippen LogP contribution in [-0.2, 0) is 4.79 Å². The number of carbonyl (C=O) groups excluding carboxylic acids is 2. The molecule has 1 aliphatic heterocycles. The van der Waals surface area contributed by atoms with Gasteiger partial charge in [0.25, 0.3) is 5.91 Å². The van der Waals surface area contributed by atoms with Crippen LogP contribution < -0.4 is 10.6 Å². The van der Waals surface area contributed by atoms with Crippen LogP contribution in [0.2, 0.25) is 5.02 Å². The first-order chi connectivity index (χ1) is 11.3. The number of hydrogen-bond donors (Lipinski definition) is 2. The number of amides is 2. The topological polar surface area (TPSA) is 85.2 Å². The maximum atomic E-state index is 12.4. The molecule has 1 atom stereocenters. The molecule has 0 spiro atoms. The summed E-state index contributed by atoms with van der Waals surface area (Å²) in [7, 11) is 1.98. The predicted octanol–water partition coefficient (Wildman–Crippen LogP) is 1.56. The number of rotatable bonds is 4. The predicted molar refractivity (Wildman–Crippen MR) is 91.6 cm³/mol. The highest BCUT2D eigenvalue weighted by Crippen LogP contribution is 2.20. The summed E-state index contributed by atoms with van der Waals surface area (Å²) in [4.78, 5) is 26.6. The Bertz CT molecular complexity index is 646. The van der Waals surface area contributed by atoms with Crippen molar-refractivity contribution in [2.75, 3.05) is 20.1 Å². The fraction of sp³-hybridized carbons (Fsp3) is 0.471. The highest BCUT2D eigenvalue weighted by atomic mass is 35.5. The Morgan fingerprint density at radius 2 is 1.88 bits per heavy atom. The first-order valence-corrected chi connectivity index (χ1v) is 8.21. The Kier molecular flexibility index (Phi) is 5.81. The second-order valence-corrected chi connectivity index (χ2v) is 6.62. The van der Waals surface area contributed by atoms with Crippen molar-refractivity contribution in [2.45, 2.75) is 31.3 Å². The Labute approximate surface area is 146 Å². The molecule has 1 heterocycles. The lowest BCUT2D eigenvalue weighted by molar-refractivity contribution is -0.124. The van der Waals surface area contributed by atoms with Crippen molar-refractivity contribution in [1.82, 2.24) is 15.5 Å². The molecule has 2 N–H and O–H groups in total. The zero-order chi connectivity index (χ0) is 17.7. The third-order valence-electron chi connectivity index (χ3n) is 4.26. The second kappa shape index (κ2) is 7.65. The Morgan fingerprint density at radius 3 is 2.42 bits per heavy atom. The molecule has 0 aliphatic carbocycles. The van der Waals surface area contributed by atoms with Crippen molar-refractivity contribution >= 4 is 23.4 Å². The fourth-order valence-electron chi connectivity index (χ4n) is 2.56. The Hall–Kier alpha value is -2.10. The molecule has 1 saturated heterocycles. The van der Waals surface area contributed by atoms with Gasteiger partial charge in [-0.2, -0.15) is 5.26 Å². The molecule has 0 bridgehead atoms. The van der Waals surface area contributed by atoms with E-state index in [4.69, 9.17) is 11.6 Å². The second-order valence-electron chi connectivity index (χ2n) is 6.19. The van der Waals surface area contributed by atoms with Gasteiger partial charge in [-0.15, -0.1) is 0 Å². The van der Waals surface area contributed by atoms with Gasteiger partial charge in [0.15, 0.2) is 0 Å². The maximum absolute atomic E-state index is 12.4. The number of hydrogen-bond acceptors (Lipinski definition) is 4. The summed E-state index contributed by atoms with van der Waals surface area (Å²) >= 11 is 5.79. The van der Waals surface area contributed by atoms with Crippen LogP contribution in [0.3, 0.4) is 0 Å². The van der Waals surface area contributed by atoms with Crippen LogP contribution in [0.4, 0.5) is 0 Å². The highest BCUT2D eigenvalue weighted by molar-refractivity contribution is 6.30. The molecule has 1 fully saturated rings. The first-order valence-electron chi connectivity index (χ1n) is 7.83. The first kappa shape index (κ1) is 18.2. The molecule has 0 radical (unpaired) electrons. The van der Waals surface area contributed by atoms with E-state index in [1.807, 2.05) is 7.05 Å². The quantitative estimate of drug-likeness (QED) is 0.864. The van der Waals surface area contributed by atoms with Crippen molar-refractivity contribution in [2.24, 2.45) is 0 Å². The molecule has 2 rings (SSSR count). The van der Waals surface area contributed by atoms with Crippen LogP contribution in [0, 0.1) is 11.3 Å². The zero-order valence-electron chi connectivity index (χ0n) is 13.8. The zero-order valence-corrected chi connectivity index (χ0v) is 14.6. The number of nitrogens with one attached hydrogen (secondary N) is 2. The van der Waals surface area contributed by atoms with Gasteiger partial charge in [0.05, 0.1) is 6.07 Å². The summed E-state index contributed by atoms with van der Waals surface area (Å²) in [5.74, 6) is -0.716. The largest absolute Gasteiger partial charge is 0.341 e. The molecular weight excluding hydrogens is 328 g/mol. The molecule has 0 aromatic heterocycles. The van der Waals surface area contributed by atoms with Crippen molar-refractivity contribution < 1.29 is 9.59 Å². The van der Waals surface area contributed by atoms with E-state index >= 15 is 0 Å². The molecule has 24 heavy (non-hydrogen) atoms. The summed E-state index contributed by atoms with van der Waals surface area (Å²) < 4.78 is 0. The van der Waals surface area contributed by atoms with E-state index in [0.29, 0.717) is 23.4 Å². The monoisotopic (exact) mass is 348 g/mol. The van der Waals surface area contributed by atoms with Gasteiger partial charge in [-0.1, -0.05) is 11.6 Å². The number of halogens is 1. The van der Waals surface area contributed by atoms with Crippen LogP contribution in [0.15, 0.2) is 24.3 Å². The van der Waals surface area contributed by atoms with E-state index in [1.54, 1.807) is 31.2 Å². The number of likely N-dealkylation sites (tertiary alicyclic amines) is 1. The van der Waals surface area contributed by atoms with Crippen molar-refractivity contribution in [1.29, 1.82) is 5.26 Å². The van der Waals surface area contributed by atoms with Gasteiger partial charge < -0.3 is 15.5 Å².